The van der Waals surface area contributed by atoms with Crippen LogP contribution in [0.25, 0.3) is 11.6 Å². The fourth-order valence-electron chi connectivity index (χ4n) is 1.28. The molecule has 78 valence electrons. The van der Waals surface area contributed by atoms with Crippen molar-refractivity contribution in [3.05, 3.63) is 27.2 Å². The highest BCUT2D eigenvalue weighted by atomic mass is 127. The second-order valence-electron chi connectivity index (χ2n) is 3.26. The lowest BCUT2D eigenvalue weighted by molar-refractivity contribution is 0.575. The van der Waals surface area contributed by atoms with Crippen molar-refractivity contribution in [1.29, 1.82) is 0 Å². The van der Waals surface area contributed by atoms with Gasteiger partial charge in [0.05, 0.1) is 15.5 Å². The summed E-state index contributed by atoms with van der Waals surface area (Å²) in [6, 6.07) is 1.88. The molecule has 2 aromatic heterocycles. The summed E-state index contributed by atoms with van der Waals surface area (Å²) in [6.07, 6.45) is 1.62. The lowest BCUT2D eigenvalue weighted by Gasteiger charge is -2.04. The molecular weight excluding hydrogens is 305 g/mol. The van der Waals surface area contributed by atoms with E-state index in [-0.39, 0.29) is 0 Å². The quantitative estimate of drug-likeness (QED) is 0.821. The van der Waals surface area contributed by atoms with E-state index < -0.39 is 0 Å². The monoisotopic (exact) mass is 315 g/mol. The van der Waals surface area contributed by atoms with Crippen LogP contribution in [0, 0.1) is 17.4 Å². The number of halogens is 1. The minimum absolute atomic E-state index is 0.494. The number of nitrogen functional groups attached to an aromatic ring is 1. The Balaban J connectivity index is 2.60. The van der Waals surface area contributed by atoms with Gasteiger partial charge < -0.3 is 10.2 Å². The molecule has 0 amide bonds. The Bertz CT molecular complexity index is 484. The highest BCUT2D eigenvalue weighted by Crippen LogP contribution is 2.24. The lowest BCUT2D eigenvalue weighted by Crippen LogP contribution is -2.02. The van der Waals surface area contributed by atoms with Crippen LogP contribution in [0.4, 0.5) is 5.82 Å². The van der Waals surface area contributed by atoms with Crippen LogP contribution in [0.1, 0.15) is 11.3 Å². The molecule has 0 spiro atoms. The van der Waals surface area contributed by atoms with Crippen molar-refractivity contribution in [3.63, 3.8) is 0 Å². The molecule has 2 heterocycles. The van der Waals surface area contributed by atoms with Gasteiger partial charge in [-0.25, -0.2) is 9.97 Å². The summed E-state index contributed by atoms with van der Waals surface area (Å²) < 4.78 is 6.21. The maximum atomic E-state index is 5.78. The maximum absolute atomic E-state index is 5.78. The van der Waals surface area contributed by atoms with Gasteiger partial charge in [-0.2, -0.15) is 0 Å². The van der Waals surface area contributed by atoms with Crippen LogP contribution in [0.2, 0.25) is 0 Å². The molecule has 0 radical (unpaired) electrons. The second kappa shape index (κ2) is 3.80. The first-order valence-electron chi connectivity index (χ1n) is 4.43. The average molecular weight is 315 g/mol. The molecule has 0 saturated carbocycles. The van der Waals surface area contributed by atoms with E-state index in [0.29, 0.717) is 17.4 Å². The van der Waals surface area contributed by atoms with Gasteiger partial charge in [0.2, 0.25) is 0 Å². The Morgan fingerprint density at radius 2 is 2.07 bits per heavy atom. The smallest absolute Gasteiger partial charge is 0.198 e. The molecule has 15 heavy (non-hydrogen) atoms. The first-order valence-corrected chi connectivity index (χ1v) is 5.51. The number of anilines is 1. The maximum Gasteiger partial charge on any atom is 0.198 e. The molecule has 0 atom stereocenters. The van der Waals surface area contributed by atoms with E-state index >= 15 is 0 Å². The van der Waals surface area contributed by atoms with Crippen molar-refractivity contribution in [2.24, 2.45) is 0 Å². The van der Waals surface area contributed by atoms with Gasteiger partial charge in [0.1, 0.15) is 5.82 Å². The Kier molecular flexibility index (Phi) is 2.64. The third-order valence-electron chi connectivity index (χ3n) is 2.11. The predicted molar refractivity (Wildman–Crippen MR) is 66.3 cm³/mol. The van der Waals surface area contributed by atoms with Crippen LogP contribution in [0.15, 0.2) is 16.7 Å². The van der Waals surface area contributed by atoms with Crippen LogP contribution in [-0.2, 0) is 0 Å². The van der Waals surface area contributed by atoms with E-state index in [9.17, 15) is 0 Å². The van der Waals surface area contributed by atoms with Crippen molar-refractivity contribution >= 4 is 28.4 Å². The molecule has 0 aliphatic heterocycles. The van der Waals surface area contributed by atoms with E-state index in [1.165, 1.54) is 0 Å². The van der Waals surface area contributed by atoms with E-state index in [4.69, 9.17) is 10.2 Å². The minimum atomic E-state index is 0.494. The molecular formula is C10H10IN3O. The van der Waals surface area contributed by atoms with Crippen LogP contribution in [0.5, 0.6) is 0 Å². The number of aromatic nitrogens is 2. The number of aryl methyl sites for hydroxylation is 2. The third kappa shape index (κ3) is 1.83. The van der Waals surface area contributed by atoms with Crippen LogP contribution < -0.4 is 5.73 Å². The van der Waals surface area contributed by atoms with Crippen molar-refractivity contribution in [1.82, 2.24) is 9.97 Å². The molecule has 0 fully saturated rings. The predicted octanol–water partition coefficient (Wildman–Crippen LogP) is 2.54. The lowest BCUT2D eigenvalue weighted by atomic mass is 10.2. The molecule has 0 aliphatic carbocycles. The highest BCUT2D eigenvalue weighted by molar-refractivity contribution is 14.1. The molecule has 0 saturated heterocycles. The fourth-order valence-corrected chi connectivity index (χ4v) is 1.53. The van der Waals surface area contributed by atoms with E-state index in [1.807, 2.05) is 19.9 Å². The second-order valence-corrected chi connectivity index (χ2v) is 4.34. The van der Waals surface area contributed by atoms with Crippen LogP contribution >= 0.6 is 22.6 Å². The van der Waals surface area contributed by atoms with Gasteiger partial charge in [0.25, 0.3) is 0 Å². The summed E-state index contributed by atoms with van der Waals surface area (Å²) in [5, 5.41) is 0. The molecule has 0 aromatic carbocycles. The molecule has 0 unspecified atom stereocenters. The first kappa shape index (κ1) is 10.4. The van der Waals surface area contributed by atoms with Gasteiger partial charge in [-0.05, 0) is 48.1 Å². The molecule has 0 bridgehead atoms. The average Bonchev–Trinajstić information content (AvgIpc) is 2.60. The summed E-state index contributed by atoms with van der Waals surface area (Å²) in [5.74, 6) is 1.73. The summed E-state index contributed by atoms with van der Waals surface area (Å²) in [6.45, 7) is 3.85. The van der Waals surface area contributed by atoms with Crippen molar-refractivity contribution in [3.8, 4) is 11.6 Å². The fraction of sp³-hybridized carbons (Fsp3) is 0.200. The third-order valence-corrected chi connectivity index (χ3v) is 3.44. The largest absolute Gasteiger partial charge is 0.461 e. The summed E-state index contributed by atoms with van der Waals surface area (Å²) in [5.41, 5.74) is 7.66. The Hall–Kier alpha value is -1.11. The molecule has 0 aliphatic rings. The molecule has 5 heteroatoms. The standard InChI is InChI=1S/C10H10IN3O/c1-5-3-4-15-8(5)10-13-6(2)7(11)9(12)14-10/h3-4H,1-2H3,(H2,12,13,14). The number of nitrogens with zero attached hydrogens (tertiary/aromatic N) is 2. The Morgan fingerprint density at radius 3 is 2.60 bits per heavy atom. The number of furan rings is 1. The summed E-state index contributed by atoms with van der Waals surface area (Å²) in [7, 11) is 0. The van der Waals surface area contributed by atoms with Crippen molar-refractivity contribution < 1.29 is 4.42 Å². The number of hydrogen-bond acceptors (Lipinski definition) is 4. The topological polar surface area (TPSA) is 64.9 Å². The van der Waals surface area contributed by atoms with Crippen LogP contribution in [-0.4, -0.2) is 9.97 Å². The number of rotatable bonds is 1. The molecule has 2 N–H and O–H groups in total. The molecule has 4 nitrogen and oxygen atoms in total. The SMILES string of the molecule is Cc1ccoc1-c1nc(C)c(I)c(N)n1. The van der Waals surface area contributed by atoms with E-state index in [2.05, 4.69) is 32.6 Å². The summed E-state index contributed by atoms with van der Waals surface area (Å²) in [4.78, 5) is 8.55. The minimum Gasteiger partial charge on any atom is -0.461 e. The zero-order chi connectivity index (χ0) is 11.0. The normalized spacial score (nSPS) is 10.6. The van der Waals surface area contributed by atoms with Gasteiger partial charge in [-0.1, -0.05) is 0 Å². The van der Waals surface area contributed by atoms with Crippen LogP contribution in [0.3, 0.4) is 0 Å². The Morgan fingerprint density at radius 1 is 1.33 bits per heavy atom. The molecule has 2 rings (SSSR count). The number of hydrogen-bond donors (Lipinski definition) is 1. The molecule has 2 aromatic rings. The van der Waals surface area contributed by atoms with E-state index in [1.54, 1.807) is 6.26 Å². The van der Waals surface area contributed by atoms with Gasteiger partial charge in [0, 0.05) is 0 Å². The summed E-state index contributed by atoms with van der Waals surface area (Å²) >= 11 is 2.13. The van der Waals surface area contributed by atoms with Crippen molar-refractivity contribution in [2.75, 3.05) is 5.73 Å². The zero-order valence-corrected chi connectivity index (χ0v) is 10.6. The Labute approximate surface area is 101 Å². The van der Waals surface area contributed by atoms with Gasteiger partial charge in [-0.3, -0.25) is 0 Å². The highest BCUT2D eigenvalue weighted by Gasteiger charge is 2.12. The van der Waals surface area contributed by atoms with E-state index in [0.717, 1.165) is 14.8 Å². The van der Waals surface area contributed by atoms with Crippen molar-refractivity contribution in [2.45, 2.75) is 13.8 Å². The van der Waals surface area contributed by atoms with Gasteiger partial charge >= 0.3 is 0 Å². The first-order chi connectivity index (χ1) is 7.09. The number of nitrogens with two attached hydrogens (primary N) is 1. The zero-order valence-electron chi connectivity index (χ0n) is 8.41. The van der Waals surface area contributed by atoms with Gasteiger partial charge in [-0.15, -0.1) is 0 Å². The van der Waals surface area contributed by atoms with Gasteiger partial charge in [0.15, 0.2) is 11.6 Å².